The minimum absolute atomic E-state index is 0.0546. The van der Waals surface area contributed by atoms with Gasteiger partial charge in [-0.1, -0.05) is 61.2 Å². The van der Waals surface area contributed by atoms with E-state index in [0.29, 0.717) is 4.77 Å². The third-order valence-electron chi connectivity index (χ3n) is 6.55. The number of aromatic nitrogens is 2. The van der Waals surface area contributed by atoms with Crippen LogP contribution in [0, 0.1) is 11.7 Å². The molecule has 3 aromatic rings. The monoisotopic (exact) mass is 388 g/mol. The Morgan fingerprint density at radius 1 is 1.00 bits per heavy atom. The van der Waals surface area contributed by atoms with Gasteiger partial charge in [-0.3, -0.25) is 9.36 Å². The van der Waals surface area contributed by atoms with E-state index >= 15 is 0 Å². The third kappa shape index (κ3) is 2.62. The second kappa shape index (κ2) is 6.56. The summed E-state index contributed by atoms with van der Waals surface area (Å²) in [5.74, 6) is 0. The van der Waals surface area contributed by atoms with Crippen molar-refractivity contribution in [2.24, 2.45) is 0 Å². The van der Waals surface area contributed by atoms with Crippen molar-refractivity contribution >= 4 is 12.2 Å². The number of hydrogen-bond donors (Lipinski definition) is 1. The quantitative estimate of drug-likeness (QED) is 0.549. The van der Waals surface area contributed by atoms with Crippen LogP contribution in [0.3, 0.4) is 0 Å². The van der Waals surface area contributed by atoms with E-state index in [1.807, 2.05) is 37.3 Å². The van der Waals surface area contributed by atoms with Crippen molar-refractivity contribution < 1.29 is 0 Å². The van der Waals surface area contributed by atoms with Crippen LogP contribution in [0.1, 0.15) is 48.8 Å². The number of hydrogen-bond acceptors (Lipinski definition) is 2. The summed E-state index contributed by atoms with van der Waals surface area (Å²) in [6.45, 7) is 2.05. The summed E-state index contributed by atoms with van der Waals surface area (Å²) >= 11 is 5.67. The highest BCUT2D eigenvalue weighted by Gasteiger charge is 2.42. The summed E-state index contributed by atoms with van der Waals surface area (Å²) in [7, 11) is 0. The van der Waals surface area contributed by atoms with E-state index in [2.05, 4.69) is 23.2 Å². The number of aromatic amines is 1. The van der Waals surface area contributed by atoms with Gasteiger partial charge in [0, 0.05) is 16.5 Å². The highest BCUT2D eigenvalue weighted by atomic mass is 32.1. The van der Waals surface area contributed by atoms with Gasteiger partial charge in [0.1, 0.15) is 0 Å². The summed E-state index contributed by atoms with van der Waals surface area (Å²) < 4.78 is 2.16. The minimum Gasteiger partial charge on any atom is -0.331 e. The Morgan fingerprint density at radius 2 is 1.71 bits per heavy atom. The van der Waals surface area contributed by atoms with Gasteiger partial charge in [0.2, 0.25) is 0 Å². The van der Waals surface area contributed by atoms with Gasteiger partial charge in [-0.25, -0.2) is 0 Å². The van der Waals surface area contributed by atoms with Crippen molar-refractivity contribution in [1.82, 2.24) is 9.55 Å². The van der Waals surface area contributed by atoms with E-state index in [4.69, 9.17) is 12.2 Å². The zero-order valence-corrected chi connectivity index (χ0v) is 16.9. The fourth-order valence-corrected chi connectivity index (χ4v) is 5.48. The molecule has 1 saturated carbocycles. The Labute approximate surface area is 170 Å². The first-order valence-corrected chi connectivity index (χ1v) is 10.6. The van der Waals surface area contributed by atoms with Gasteiger partial charge in [-0.2, -0.15) is 0 Å². The summed E-state index contributed by atoms with van der Waals surface area (Å²) in [5.41, 5.74) is 6.33. The first-order chi connectivity index (χ1) is 13.6. The van der Waals surface area contributed by atoms with Gasteiger partial charge in [0.25, 0.3) is 5.56 Å². The summed E-state index contributed by atoms with van der Waals surface area (Å²) in [5, 5.41) is 0. The Kier molecular flexibility index (Phi) is 4.13. The molecule has 1 spiro atoms. The van der Waals surface area contributed by atoms with Gasteiger partial charge in [-0.15, -0.1) is 0 Å². The summed E-state index contributed by atoms with van der Waals surface area (Å²) in [6, 6.07) is 16.5. The topological polar surface area (TPSA) is 37.8 Å². The van der Waals surface area contributed by atoms with Crippen LogP contribution in [-0.2, 0) is 11.8 Å². The lowest BCUT2D eigenvalue weighted by Gasteiger charge is -2.42. The number of nitrogens with one attached hydrogen (secondary N) is 1. The molecule has 142 valence electrons. The number of benzene rings is 2. The molecule has 0 aliphatic heterocycles. The first kappa shape index (κ1) is 17.6. The van der Waals surface area contributed by atoms with Crippen LogP contribution in [0.4, 0.5) is 0 Å². The molecule has 4 heteroatoms. The van der Waals surface area contributed by atoms with E-state index in [-0.39, 0.29) is 11.0 Å². The largest absolute Gasteiger partial charge is 0.331 e. The van der Waals surface area contributed by atoms with E-state index in [0.717, 1.165) is 41.8 Å². The Balaban J connectivity index is 1.83. The average molecular weight is 389 g/mol. The van der Waals surface area contributed by atoms with Crippen molar-refractivity contribution in [3.63, 3.8) is 0 Å². The molecule has 1 aromatic heterocycles. The molecular weight excluding hydrogens is 364 g/mol. The third-order valence-corrected chi connectivity index (χ3v) is 6.84. The fourth-order valence-electron chi connectivity index (χ4n) is 5.19. The zero-order chi connectivity index (χ0) is 19.3. The molecule has 2 aliphatic carbocycles. The number of rotatable bonds is 1. The minimum atomic E-state index is -0.0784. The van der Waals surface area contributed by atoms with Crippen LogP contribution in [0.15, 0.2) is 53.3 Å². The van der Waals surface area contributed by atoms with Crippen molar-refractivity contribution in [2.45, 2.75) is 50.9 Å². The van der Waals surface area contributed by atoms with Crippen molar-refractivity contribution in [3.05, 3.63) is 80.3 Å². The van der Waals surface area contributed by atoms with Crippen LogP contribution >= 0.6 is 12.2 Å². The molecule has 0 atom stereocenters. The van der Waals surface area contributed by atoms with Gasteiger partial charge in [0.15, 0.2) is 4.77 Å². The van der Waals surface area contributed by atoms with Crippen molar-refractivity contribution in [1.29, 1.82) is 0 Å². The van der Waals surface area contributed by atoms with Crippen LogP contribution < -0.4 is 5.56 Å². The molecular formula is C24H24N2OS. The summed E-state index contributed by atoms with van der Waals surface area (Å²) in [4.78, 5) is 17.3. The standard InChI is InChI=1S/C24H24N2OS/c1-16-9-11-18(12-10-16)26-22(27)20-21(25-23(26)28)19-8-4-3-7-17(19)15-24(20)13-5-2-6-14-24/h3-4,7-12H,2,5-6,13-15H2,1H3,(H,25,28). The van der Waals surface area contributed by atoms with E-state index < -0.39 is 0 Å². The Bertz CT molecular complexity index is 1160. The highest BCUT2D eigenvalue weighted by Crippen LogP contribution is 2.48. The number of aryl methyl sites for hydroxylation is 1. The molecule has 2 aliphatic rings. The molecule has 0 unspecified atom stereocenters. The van der Waals surface area contributed by atoms with E-state index in [1.54, 1.807) is 4.57 Å². The number of fused-ring (bicyclic) bond motifs is 4. The normalized spacial score (nSPS) is 17.2. The molecule has 1 heterocycles. The summed E-state index contributed by atoms with van der Waals surface area (Å²) in [6.07, 6.45) is 6.71. The van der Waals surface area contributed by atoms with Crippen LogP contribution in [0.25, 0.3) is 16.9 Å². The smallest absolute Gasteiger partial charge is 0.263 e. The first-order valence-electron chi connectivity index (χ1n) is 10.1. The van der Waals surface area contributed by atoms with Gasteiger partial charge < -0.3 is 4.98 Å². The lowest BCUT2D eigenvalue weighted by Crippen LogP contribution is -2.42. The molecule has 5 rings (SSSR count). The predicted molar refractivity (Wildman–Crippen MR) is 116 cm³/mol. The lowest BCUT2D eigenvalue weighted by atomic mass is 9.62. The van der Waals surface area contributed by atoms with Crippen molar-refractivity contribution in [3.8, 4) is 16.9 Å². The molecule has 28 heavy (non-hydrogen) atoms. The molecule has 0 amide bonds. The van der Waals surface area contributed by atoms with E-state index in [1.165, 1.54) is 30.4 Å². The average Bonchev–Trinajstić information content (AvgIpc) is 2.70. The lowest BCUT2D eigenvalue weighted by molar-refractivity contribution is 0.284. The SMILES string of the molecule is Cc1ccc(-n2c(=S)[nH]c3c(c2=O)C2(CCCCC2)Cc2ccccc2-3)cc1. The van der Waals surface area contributed by atoms with Crippen molar-refractivity contribution in [2.75, 3.05) is 0 Å². The maximum atomic E-state index is 13.9. The fraction of sp³-hybridized carbons (Fsp3) is 0.333. The molecule has 3 nitrogen and oxygen atoms in total. The van der Waals surface area contributed by atoms with E-state index in [9.17, 15) is 4.79 Å². The van der Waals surface area contributed by atoms with Crippen LogP contribution in [0.5, 0.6) is 0 Å². The molecule has 1 N–H and O–H groups in total. The van der Waals surface area contributed by atoms with Gasteiger partial charge >= 0.3 is 0 Å². The maximum absolute atomic E-state index is 13.9. The number of H-pyrrole nitrogens is 1. The van der Waals surface area contributed by atoms with Crippen LogP contribution in [-0.4, -0.2) is 9.55 Å². The molecule has 0 bridgehead atoms. The van der Waals surface area contributed by atoms with Gasteiger partial charge in [-0.05, 0) is 56.1 Å². The highest BCUT2D eigenvalue weighted by molar-refractivity contribution is 7.71. The molecule has 0 saturated heterocycles. The molecule has 1 fully saturated rings. The Morgan fingerprint density at radius 3 is 2.46 bits per heavy atom. The number of nitrogens with zero attached hydrogens (tertiary/aromatic N) is 1. The maximum Gasteiger partial charge on any atom is 0.263 e. The van der Waals surface area contributed by atoms with Crippen LogP contribution in [0.2, 0.25) is 0 Å². The zero-order valence-electron chi connectivity index (χ0n) is 16.1. The Hall–Kier alpha value is -2.46. The molecule has 2 aromatic carbocycles. The predicted octanol–water partition coefficient (Wildman–Crippen LogP) is 5.63. The van der Waals surface area contributed by atoms with Gasteiger partial charge in [0.05, 0.1) is 11.4 Å². The molecule has 0 radical (unpaired) electrons. The second-order valence-corrected chi connectivity index (χ2v) is 8.72. The second-order valence-electron chi connectivity index (χ2n) is 8.33.